The highest BCUT2D eigenvalue weighted by molar-refractivity contribution is 7.87. The van der Waals surface area contributed by atoms with Crippen molar-refractivity contribution in [2.24, 2.45) is 0 Å². The average Bonchev–Trinajstić information content (AvgIpc) is 2.89. The SMILES string of the molecule is CCCCS(=O)(=O)Oc1ccc(-c2ccc3c(c2CNc2ccccc2OC)C(C)=CC(C)(C)N3)c(OC)c1. The summed E-state index contributed by atoms with van der Waals surface area (Å²) in [6.07, 6.45) is 3.56. The molecule has 8 heteroatoms. The number of nitrogens with one attached hydrogen (secondary N) is 2. The van der Waals surface area contributed by atoms with Crippen molar-refractivity contribution in [1.82, 2.24) is 0 Å². The van der Waals surface area contributed by atoms with E-state index in [9.17, 15) is 8.42 Å². The van der Waals surface area contributed by atoms with Gasteiger partial charge < -0.3 is 24.3 Å². The van der Waals surface area contributed by atoms with Gasteiger partial charge in [0.1, 0.15) is 17.2 Å². The van der Waals surface area contributed by atoms with Crippen LogP contribution < -0.4 is 24.3 Å². The Hall–Kier alpha value is -3.65. The fourth-order valence-electron chi connectivity index (χ4n) is 5.06. The maximum Gasteiger partial charge on any atom is 0.309 e. The van der Waals surface area contributed by atoms with E-state index in [1.165, 1.54) is 5.57 Å². The molecule has 2 N–H and O–H groups in total. The lowest BCUT2D eigenvalue weighted by atomic mass is 9.85. The summed E-state index contributed by atoms with van der Waals surface area (Å²) in [4.78, 5) is 0. The Morgan fingerprint density at radius 3 is 2.38 bits per heavy atom. The number of allylic oxidation sites excluding steroid dienone is 1. The van der Waals surface area contributed by atoms with Crippen molar-refractivity contribution in [3.05, 3.63) is 71.8 Å². The second-order valence-electron chi connectivity index (χ2n) is 10.3. The molecule has 1 heterocycles. The molecule has 3 aromatic carbocycles. The lowest BCUT2D eigenvalue weighted by molar-refractivity contribution is 0.413. The zero-order valence-electron chi connectivity index (χ0n) is 23.6. The maximum atomic E-state index is 12.4. The number of fused-ring (bicyclic) bond motifs is 1. The Morgan fingerprint density at radius 1 is 0.949 bits per heavy atom. The molecule has 3 aromatic rings. The molecule has 0 atom stereocenters. The quantitative estimate of drug-likeness (QED) is 0.246. The fourth-order valence-corrected chi connectivity index (χ4v) is 6.19. The molecule has 0 aliphatic carbocycles. The molecule has 0 amide bonds. The number of hydrogen-bond acceptors (Lipinski definition) is 7. The predicted molar refractivity (Wildman–Crippen MR) is 159 cm³/mol. The van der Waals surface area contributed by atoms with E-state index in [0.717, 1.165) is 45.8 Å². The summed E-state index contributed by atoms with van der Waals surface area (Å²) < 4.78 is 41.5. The fraction of sp³-hybridized carbons (Fsp3) is 0.355. The third kappa shape index (κ3) is 6.50. The van der Waals surface area contributed by atoms with Gasteiger partial charge in [-0.25, -0.2) is 0 Å². The van der Waals surface area contributed by atoms with Gasteiger partial charge in [0.25, 0.3) is 0 Å². The predicted octanol–water partition coefficient (Wildman–Crippen LogP) is 7.10. The van der Waals surface area contributed by atoms with E-state index in [1.807, 2.05) is 37.3 Å². The molecule has 208 valence electrons. The van der Waals surface area contributed by atoms with Crippen LogP contribution in [0, 0.1) is 0 Å². The molecule has 0 spiro atoms. The van der Waals surface area contributed by atoms with Crippen LogP contribution in [0.3, 0.4) is 0 Å². The monoisotopic (exact) mass is 550 g/mol. The molecule has 0 radical (unpaired) electrons. The van der Waals surface area contributed by atoms with Crippen LogP contribution in [0.5, 0.6) is 17.2 Å². The Kier molecular flexibility index (Phi) is 8.45. The number of benzene rings is 3. The largest absolute Gasteiger partial charge is 0.496 e. The Morgan fingerprint density at radius 2 is 1.67 bits per heavy atom. The van der Waals surface area contributed by atoms with Gasteiger partial charge in [-0.15, -0.1) is 0 Å². The first-order chi connectivity index (χ1) is 18.6. The molecule has 4 rings (SSSR count). The number of unbranched alkanes of at least 4 members (excludes halogenated alkanes) is 1. The summed E-state index contributed by atoms with van der Waals surface area (Å²) in [5.74, 6) is 1.51. The average molecular weight is 551 g/mol. The van der Waals surface area contributed by atoms with Crippen molar-refractivity contribution in [3.63, 3.8) is 0 Å². The third-order valence-electron chi connectivity index (χ3n) is 6.74. The van der Waals surface area contributed by atoms with Gasteiger partial charge in [0.15, 0.2) is 0 Å². The van der Waals surface area contributed by atoms with Gasteiger partial charge in [-0.1, -0.05) is 37.6 Å². The molecule has 0 bridgehead atoms. The van der Waals surface area contributed by atoms with Crippen molar-refractivity contribution >= 4 is 27.1 Å². The molecule has 0 aromatic heterocycles. The topological polar surface area (TPSA) is 85.9 Å². The molecule has 0 saturated heterocycles. The van der Waals surface area contributed by atoms with Gasteiger partial charge in [-0.2, -0.15) is 8.42 Å². The molecule has 1 aliphatic rings. The van der Waals surface area contributed by atoms with Crippen molar-refractivity contribution in [2.45, 2.75) is 52.6 Å². The van der Waals surface area contributed by atoms with Gasteiger partial charge in [0, 0.05) is 29.4 Å². The lowest BCUT2D eigenvalue weighted by Gasteiger charge is -2.33. The summed E-state index contributed by atoms with van der Waals surface area (Å²) >= 11 is 0. The van der Waals surface area contributed by atoms with Crippen LogP contribution in [0.4, 0.5) is 11.4 Å². The van der Waals surface area contributed by atoms with Crippen LogP contribution in [-0.2, 0) is 16.7 Å². The molecule has 0 saturated carbocycles. The van der Waals surface area contributed by atoms with Gasteiger partial charge in [-0.05, 0) is 74.2 Å². The number of ether oxygens (including phenoxy) is 2. The van der Waals surface area contributed by atoms with Gasteiger partial charge in [0.2, 0.25) is 0 Å². The minimum absolute atomic E-state index is 0.0217. The Labute approximate surface area is 232 Å². The zero-order valence-corrected chi connectivity index (χ0v) is 24.4. The summed E-state index contributed by atoms with van der Waals surface area (Å²) in [6, 6.07) is 17.2. The van der Waals surface area contributed by atoms with E-state index >= 15 is 0 Å². The molecule has 39 heavy (non-hydrogen) atoms. The number of anilines is 2. The first-order valence-corrected chi connectivity index (χ1v) is 14.8. The highest BCUT2D eigenvalue weighted by atomic mass is 32.2. The van der Waals surface area contributed by atoms with Crippen molar-refractivity contribution in [3.8, 4) is 28.4 Å². The van der Waals surface area contributed by atoms with Gasteiger partial charge in [-0.3, -0.25) is 0 Å². The van der Waals surface area contributed by atoms with Crippen molar-refractivity contribution in [2.75, 3.05) is 30.6 Å². The normalized spacial score (nSPS) is 14.1. The smallest absolute Gasteiger partial charge is 0.309 e. The Balaban J connectivity index is 1.80. The first-order valence-electron chi connectivity index (χ1n) is 13.2. The summed E-state index contributed by atoms with van der Waals surface area (Å²) in [7, 11) is -0.440. The molecular weight excluding hydrogens is 512 g/mol. The zero-order chi connectivity index (χ0) is 28.2. The minimum atomic E-state index is -3.68. The Bertz CT molecular complexity index is 1480. The standard InChI is InChI=1S/C31H38N2O5S/c1-7-8-17-39(34,35)38-22-13-14-24(29(18-22)37-6)23-15-16-27-30(21(2)19-31(3,4)33-27)25(23)20-32-26-11-9-10-12-28(26)36-5/h9-16,18-19,32-33H,7-8,17,20H2,1-6H3. The number of rotatable bonds is 11. The number of para-hydroxylation sites is 2. The van der Waals surface area contributed by atoms with Crippen molar-refractivity contribution in [1.29, 1.82) is 0 Å². The van der Waals surface area contributed by atoms with Crippen molar-refractivity contribution < 1.29 is 22.1 Å². The van der Waals surface area contributed by atoms with Crippen LogP contribution >= 0.6 is 0 Å². The summed E-state index contributed by atoms with van der Waals surface area (Å²) in [5.41, 5.74) is 6.97. The number of methoxy groups -OCH3 is 2. The van der Waals surface area contributed by atoms with Crippen LogP contribution in [0.2, 0.25) is 0 Å². The van der Waals surface area contributed by atoms with E-state index < -0.39 is 10.1 Å². The van der Waals surface area contributed by atoms with Crippen LogP contribution in [-0.4, -0.2) is 33.9 Å². The molecule has 0 unspecified atom stereocenters. The van der Waals surface area contributed by atoms with E-state index in [-0.39, 0.29) is 17.0 Å². The highest BCUT2D eigenvalue weighted by Gasteiger charge is 2.27. The number of hydrogen-bond donors (Lipinski definition) is 2. The van der Waals surface area contributed by atoms with Gasteiger partial charge in [0.05, 0.1) is 31.2 Å². The van der Waals surface area contributed by atoms with Crippen LogP contribution in [0.15, 0.2) is 60.7 Å². The van der Waals surface area contributed by atoms with Gasteiger partial charge >= 0.3 is 10.1 Å². The first kappa shape index (κ1) is 28.4. The summed E-state index contributed by atoms with van der Waals surface area (Å²) in [5, 5.41) is 7.20. The second-order valence-corrected chi connectivity index (χ2v) is 12.0. The highest BCUT2D eigenvalue weighted by Crippen LogP contribution is 2.43. The van der Waals surface area contributed by atoms with Crippen LogP contribution in [0.1, 0.15) is 51.7 Å². The lowest BCUT2D eigenvalue weighted by Crippen LogP contribution is -2.32. The minimum Gasteiger partial charge on any atom is -0.496 e. The van der Waals surface area contributed by atoms with E-state index in [2.05, 4.69) is 49.6 Å². The third-order valence-corrected chi connectivity index (χ3v) is 7.97. The van der Waals surface area contributed by atoms with E-state index in [1.54, 1.807) is 26.4 Å². The van der Waals surface area contributed by atoms with E-state index in [0.29, 0.717) is 18.7 Å². The molecular formula is C31H38N2O5S. The maximum absolute atomic E-state index is 12.4. The molecule has 0 fully saturated rings. The van der Waals surface area contributed by atoms with E-state index in [4.69, 9.17) is 13.7 Å². The molecule has 1 aliphatic heterocycles. The summed E-state index contributed by atoms with van der Waals surface area (Å²) in [6.45, 7) is 8.90. The molecule has 7 nitrogen and oxygen atoms in total. The van der Waals surface area contributed by atoms with Crippen LogP contribution in [0.25, 0.3) is 16.7 Å². The second kappa shape index (κ2) is 11.6.